The van der Waals surface area contributed by atoms with Crippen molar-refractivity contribution in [2.45, 2.75) is 25.8 Å². The highest BCUT2D eigenvalue weighted by Crippen LogP contribution is 2.17. The average molecular weight is 327 g/mol. The van der Waals surface area contributed by atoms with E-state index in [0.29, 0.717) is 0 Å². The number of benzene rings is 1. The largest absolute Gasteiger partial charge is 0.349 e. The van der Waals surface area contributed by atoms with E-state index in [1.54, 1.807) is 0 Å². The molecule has 2 rings (SSSR count). The maximum Gasteiger partial charge on any atom is 0.252 e. The molecule has 1 aliphatic rings. The van der Waals surface area contributed by atoms with E-state index in [4.69, 9.17) is 0 Å². The highest BCUT2D eigenvalue weighted by Gasteiger charge is 2.16. The van der Waals surface area contributed by atoms with E-state index in [-0.39, 0.29) is 11.9 Å². The van der Waals surface area contributed by atoms with Gasteiger partial charge in [0.15, 0.2) is 0 Å². The van der Waals surface area contributed by atoms with E-state index in [2.05, 4.69) is 40.1 Å². The van der Waals surface area contributed by atoms with E-state index in [0.717, 1.165) is 27.5 Å². The second-order valence-electron chi connectivity index (χ2n) is 4.05. The zero-order chi connectivity index (χ0) is 11.5. The summed E-state index contributed by atoms with van der Waals surface area (Å²) in [6.07, 6.45) is 6.14. The molecule has 0 aromatic heterocycles. The number of carbonyl (C=O) groups excluding carboxylic acids is 1. The third-order valence-electron chi connectivity index (χ3n) is 2.78. The van der Waals surface area contributed by atoms with Crippen LogP contribution in [0.2, 0.25) is 0 Å². The molecule has 0 heterocycles. The molecule has 0 radical (unpaired) electrons. The smallest absolute Gasteiger partial charge is 0.252 e. The zero-order valence-corrected chi connectivity index (χ0v) is 11.3. The van der Waals surface area contributed by atoms with Crippen molar-refractivity contribution in [2.24, 2.45) is 0 Å². The fourth-order valence-electron chi connectivity index (χ4n) is 1.82. The van der Waals surface area contributed by atoms with Crippen LogP contribution in [0.15, 0.2) is 30.4 Å². The Morgan fingerprint density at radius 1 is 1.38 bits per heavy atom. The van der Waals surface area contributed by atoms with Crippen molar-refractivity contribution in [3.63, 3.8) is 0 Å². The molecule has 0 saturated heterocycles. The van der Waals surface area contributed by atoms with Crippen LogP contribution in [0.1, 0.15) is 28.8 Å². The first-order valence-electron chi connectivity index (χ1n) is 5.39. The number of halogens is 1. The predicted octanol–water partition coefficient (Wildman–Crippen LogP) is 3.05. The molecule has 1 aliphatic carbocycles. The van der Waals surface area contributed by atoms with Crippen LogP contribution in [0.4, 0.5) is 0 Å². The Morgan fingerprint density at radius 2 is 2.06 bits per heavy atom. The fraction of sp³-hybridized carbons (Fsp3) is 0.308. The second-order valence-corrected chi connectivity index (χ2v) is 5.13. The molecular weight excluding hydrogens is 313 g/mol. The molecule has 0 atom stereocenters. The highest BCUT2D eigenvalue weighted by atomic mass is 127. The topological polar surface area (TPSA) is 29.1 Å². The number of rotatable bonds is 2. The van der Waals surface area contributed by atoms with Gasteiger partial charge < -0.3 is 5.32 Å². The van der Waals surface area contributed by atoms with Crippen LogP contribution < -0.4 is 5.32 Å². The van der Waals surface area contributed by atoms with Gasteiger partial charge in [-0.2, -0.15) is 0 Å². The molecule has 16 heavy (non-hydrogen) atoms. The summed E-state index contributed by atoms with van der Waals surface area (Å²) in [5, 5.41) is 3.06. The lowest BCUT2D eigenvalue weighted by molar-refractivity contribution is 0.0938. The minimum absolute atomic E-state index is 0.0433. The number of amides is 1. The second kappa shape index (κ2) is 4.99. The summed E-state index contributed by atoms with van der Waals surface area (Å²) in [6, 6.07) is 6.12. The highest BCUT2D eigenvalue weighted by molar-refractivity contribution is 14.1. The van der Waals surface area contributed by atoms with Gasteiger partial charge in [-0.25, -0.2) is 0 Å². The Hall–Kier alpha value is -0.840. The molecule has 1 aromatic carbocycles. The lowest BCUT2D eigenvalue weighted by Crippen LogP contribution is -2.33. The molecule has 2 nitrogen and oxygen atoms in total. The van der Waals surface area contributed by atoms with Gasteiger partial charge in [-0.05, 0) is 54.0 Å². The number of hydrogen-bond acceptors (Lipinski definition) is 1. The summed E-state index contributed by atoms with van der Waals surface area (Å²) in [6.45, 7) is 2.02. The molecule has 0 saturated carbocycles. The Labute approximate surface area is 109 Å². The summed E-state index contributed by atoms with van der Waals surface area (Å²) < 4.78 is 1.04. The van der Waals surface area contributed by atoms with Crippen molar-refractivity contribution in [1.82, 2.24) is 5.32 Å². The number of carbonyl (C=O) groups is 1. The molecule has 84 valence electrons. The van der Waals surface area contributed by atoms with E-state index in [9.17, 15) is 4.79 Å². The lowest BCUT2D eigenvalue weighted by Gasteiger charge is -2.13. The van der Waals surface area contributed by atoms with Crippen LogP contribution in [0.5, 0.6) is 0 Å². The van der Waals surface area contributed by atoms with Crippen LogP contribution in [-0.2, 0) is 0 Å². The quantitative estimate of drug-likeness (QED) is 0.657. The van der Waals surface area contributed by atoms with Gasteiger partial charge in [0.05, 0.1) is 5.56 Å². The van der Waals surface area contributed by atoms with Crippen LogP contribution in [-0.4, -0.2) is 11.9 Å². The van der Waals surface area contributed by atoms with E-state index >= 15 is 0 Å². The van der Waals surface area contributed by atoms with E-state index < -0.39 is 0 Å². The number of nitrogens with one attached hydrogen (secondary N) is 1. The third-order valence-corrected chi connectivity index (χ3v) is 4.21. The maximum absolute atomic E-state index is 12.0. The maximum atomic E-state index is 12.0. The average Bonchev–Trinajstić information content (AvgIpc) is 2.74. The normalized spacial score (nSPS) is 15.4. The van der Waals surface area contributed by atoms with Crippen molar-refractivity contribution in [1.29, 1.82) is 0 Å². The number of hydrogen-bond donors (Lipinski definition) is 1. The van der Waals surface area contributed by atoms with Crippen molar-refractivity contribution in [2.75, 3.05) is 0 Å². The Bertz CT molecular complexity index is 432. The van der Waals surface area contributed by atoms with Gasteiger partial charge in [0.25, 0.3) is 5.91 Å². The van der Waals surface area contributed by atoms with Gasteiger partial charge in [0.1, 0.15) is 0 Å². The van der Waals surface area contributed by atoms with Gasteiger partial charge in [0, 0.05) is 9.61 Å². The van der Waals surface area contributed by atoms with E-state index in [1.807, 2.05) is 25.1 Å². The fourth-order valence-corrected chi connectivity index (χ4v) is 2.43. The van der Waals surface area contributed by atoms with Gasteiger partial charge in [-0.15, -0.1) is 0 Å². The van der Waals surface area contributed by atoms with Crippen LogP contribution in [0.25, 0.3) is 0 Å². The summed E-state index contributed by atoms with van der Waals surface area (Å²) >= 11 is 2.23. The molecule has 3 heteroatoms. The molecule has 1 N–H and O–H groups in total. The molecule has 0 fully saturated rings. The molecule has 0 spiro atoms. The van der Waals surface area contributed by atoms with Crippen LogP contribution >= 0.6 is 22.6 Å². The van der Waals surface area contributed by atoms with Crippen molar-refractivity contribution in [3.8, 4) is 0 Å². The van der Waals surface area contributed by atoms with Crippen LogP contribution in [0.3, 0.4) is 0 Å². The summed E-state index contributed by atoms with van der Waals surface area (Å²) in [5.41, 5.74) is 1.94. The summed E-state index contributed by atoms with van der Waals surface area (Å²) in [7, 11) is 0. The zero-order valence-electron chi connectivity index (χ0n) is 9.16. The molecule has 0 aliphatic heterocycles. The van der Waals surface area contributed by atoms with Gasteiger partial charge in [0.2, 0.25) is 0 Å². The minimum Gasteiger partial charge on any atom is -0.349 e. The Balaban J connectivity index is 2.11. The Kier molecular flexibility index (Phi) is 3.63. The van der Waals surface area contributed by atoms with Crippen molar-refractivity contribution < 1.29 is 4.79 Å². The first kappa shape index (κ1) is 11.6. The first-order valence-corrected chi connectivity index (χ1v) is 6.47. The summed E-state index contributed by atoms with van der Waals surface area (Å²) in [4.78, 5) is 12.0. The molecule has 0 bridgehead atoms. The van der Waals surface area contributed by atoms with E-state index in [1.165, 1.54) is 0 Å². The Morgan fingerprint density at radius 3 is 2.75 bits per heavy atom. The van der Waals surface area contributed by atoms with Gasteiger partial charge in [-0.3, -0.25) is 4.79 Å². The first-order chi connectivity index (χ1) is 7.68. The van der Waals surface area contributed by atoms with Gasteiger partial charge in [-0.1, -0.05) is 24.3 Å². The third kappa shape index (κ3) is 2.45. The standard InChI is InChI=1S/C13H14INO/c1-9-5-4-8-11(12(9)14)13(16)15-10-6-2-3-7-10/h2-5,8,10H,6-7H2,1H3,(H,15,16). The predicted molar refractivity (Wildman–Crippen MR) is 73.5 cm³/mol. The van der Waals surface area contributed by atoms with Crippen LogP contribution in [0, 0.1) is 10.5 Å². The molecule has 0 unspecified atom stereocenters. The monoisotopic (exact) mass is 327 g/mol. The molecule has 1 aromatic rings. The number of aryl methyl sites for hydroxylation is 1. The van der Waals surface area contributed by atoms with Gasteiger partial charge >= 0.3 is 0 Å². The lowest BCUT2D eigenvalue weighted by atomic mass is 10.1. The molecule has 1 amide bonds. The van der Waals surface area contributed by atoms with Crippen molar-refractivity contribution in [3.05, 3.63) is 45.0 Å². The minimum atomic E-state index is 0.0433. The van der Waals surface area contributed by atoms with Crippen molar-refractivity contribution >= 4 is 28.5 Å². The summed E-state index contributed by atoms with van der Waals surface area (Å²) in [5.74, 6) is 0.0433. The molecular formula is C13H14INO. The SMILES string of the molecule is Cc1cccc(C(=O)NC2CC=CC2)c1I.